The molecule has 0 amide bonds. The van der Waals surface area contributed by atoms with Crippen LogP contribution in [0.25, 0.3) is 0 Å². The lowest BCUT2D eigenvalue weighted by atomic mass is 10.5. The van der Waals surface area contributed by atoms with Gasteiger partial charge in [0.25, 0.3) is 0 Å². The second-order valence-corrected chi connectivity index (χ2v) is 2.78. The third-order valence-electron chi connectivity index (χ3n) is 0.917. The Labute approximate surface area is 74.5 Å². The van der Waals surface area contributed by atoms with Gasteiger partial charge in [-0.1, -0.05) is 15.9 Å². The summed E-state index contributed by atoms with van der Waals surface area (Å²) in [7, 11) is 0. The van der Waals surface area contributed by atoms with E-state index in [-0.39, 0.29) is 0 Å². The van der Waals surface area contributed by atoms with Crippen LogP contribution in [0.2, 0.25) is 0 Å². The van der Waals surface area contributed by atoms with Gasteiger partial charge in [-0.25, -0.2) is 4.98 Å². The van der Waals surface area contributed by atoms with Gasteiger partial charge >= 0.3 is 6.36 Å². The fourth-order valence-electron chi connectivity index (χ4n) is 0.560. The molecule has 2 nitrogen and oxygen atoms in total. The van der Waals surface area contributed by atoms with Crippen LogP contribution >= 0.6 is 15.9 Å². The van der Waals surface area contributed by atoms with Crippen LogP contribution in [0.1, 0.15) is 0 Å². The van der Waals surface area contributed by atoms with Gasteiger partial charge < -0.3 is 4.74 Å². The van der Waals surface area contributed by atoms with E-state index in [1.807, 2.05) is 0 Å². The zero-order valence-corrected chi connectivity index (χ0v) is 7.19. The third kappa shape index (κ3) is 3.08. The molecule has 0 aliphatic rings. The summed E-state index contributed by atoms with van der Waals surface area (Å²) in [5, 5.41) is 0. The molecule has 0 saturated carbocycles. The quantitative estimate of drug-likeness (QED) is 0.755. The number of rotatable bonds is 1. The van der Waals surface area contributed by atoms with Gasteiger partial charge in [-0.3, -0.25) is 0 Å². The minimum Gasteiger partial charge on any atom is -0.388 e. The minimum atomic E-state index is -4.69. The normalized spacial score (nSPS) is 11.3. The summed E-state index contributed by atoms with van der Waals surface area (Å²) in [6, 6.07) is 2.64. The summed E-state index contributed by atoms with van der Waals surface area (Å²) in [4.78, 5) is 3.35. The average molecular weight is 242 g/mol. The van der Waals surface area contributed by atoms with Gasteiger partial charge in [0.15, 0.2) is 0 Å². The van der Waals surface area contributed by atoms with Gasteiger partial charge in [-0.05, 0) is 6.07 Å². The van der Waals surface area contributed by atoms with Crippen LogP contribution in [0.5, 0.6) is 5.88 Å². The van der Waals surface area contributed by atoms with Gasteiger partial charge in [-0.2, -0.15) is 0 Å². The number of pyridine rings is 1. The highest BCUT2D eigenvalue weighted by Crippen LogP contribution is 2.22. The molecule has 0 atom stereocenters. The fraction of sp³-hybridized carbons (Fsp3) is 0.167. The average Bonchev–Trinajstić information content (AvgIpc) is 1.82. The maximum atomic E-state index is 11.6. The Hall–Kier alpha value is -0.780. The van der Waals surface area contributed by atoms with E-state index in [1.165, 1.54) is 12.3 Å². The molecule has 0 bridgehead atoms. The lowest BCUT2D eigenvalue weighted by Gasteiger charge is -2.06. The molecule has 0 N–H and O–H groups in total. The summed E-state index contributed by atoms with van der Waals surface area (Å²) >= 11 is 2.98. The van der Waals surface area contributed by atoms with Crippen LogP contribution < -0.4 is 4.74 Å². The van der Waals surface area contributed by atoms with Crippen molar-refractivity contribution >= 4 is 15.9 Å². The van der Waals surface area contributed by atoms with Crippen molar-refractivity contribution in [1.82, 2.24) is 4.98 Å². The van der Waals surface area contributed by atoms with E-state index in [1.54, 1.807) is 0 Å². The molecule has 0 aliphatic heterocycles. The molecule has 0 saturated heterocycles. The second kappa shape index (κ2) is 3.30. The molecule has 0 aromatic carbocycles. The lowest BCUT2D eigenvalue weighted by molar-refractivity contribution is -0.276. The van der Waals surface area contributed by atoms with E-state index in [4.69, 9.17) is 0 Å². The topological polar surface area (TPSA) is 22.1 Å². The van der Waals surface area contributed by atoms with Gasteiger partial charge in [0.05, 0.1) is 0 Å². The first-order valence-electron chi connectivity index (χ1n) is 2.85. The van der Waals surface area contributed by atoms with Crippen molar-refractivity contribution in [1.29, 1.82) is 0 Å². The maximum absolute atomic E-state index is 11.6. The van der Waals surface area contributed by atoms with Crippen LogP contribution in [0.15, 0.2) is 22.8 Å². The van der Waals surface area contributed by atoms with Gasteiger partial charge in [0.2, 0.25) is 5.88 Å². The van der Waals surface area contributed by atoms with E-state index < -0.39 is 12.2 Å². The lowest BCUT2D eigenvalue weighted by Crippen LogP contribution is -2.17. The van der Waals surface area contributed by atoms with E-state index in [0.717, 1.165) is 6.07 Å². The summed E-state index contributed by atoms with van der Waals surface area (Å²) in [5.74, 6) is -0.475. The molecule has 0 spiro atoms. The number of nitrogens with zero attached hydrogens (tertiary/aromatic N) is 1. The zero-order chi connectivity index (χ0) is 9.19. The maximum Gasteiger partial charge on any atom is 0.574 e. The SMILES string of the molecule is FC(F)(F)Oc1cc(Br)ccn1. The number of alkyl halides is 3. The summed E-state index contributed by atoms with van der Waals surface area (Å²) in [5.41, 5.74) is 0. The first-order chi connectivity index (χ1) is 5.47. The molecule has 1 heterocycles. The van der Waals surface area contributed by atoms with Crippen LogP contribution in [0.3, 0.4) is 0 Å². The number of halogens is 4. The Morgan fingerprint density at radius 1 is 1.42 bits per heavy atom. The number of hydrogen-bond donors (Lipinski definition) is 0. The number of hydrogen-bond acceptors (Lipinski definition) is 2. The van der Waals surface area contributed by atoms with E-state index in [2.05, 4.69) is 25.7 Å². The highest BCUT2D eigenvalue weighted by atomic mass is 79.9. The predicted molar refractivity (Wildman–Crippen MR) is 38.6 cm³/mol. The molecule has 1 aromatic rings. The molecular formula is C6H3BrF3NO. The Morgan fingerprint density at radius 3 is 2.58 bits per heavy atom. The van der Waals surface area contributed by atoms with Crippen LogP contribution in [0.4, 0.5) is 13.2 Å². The number of ether oxygens (including phenoxy) is 1. The molecule has 6 heteroatoms. The third-order valence-corrected chi connectivity index (χ3v) is 1.41. The van der Waals surface area contributed by atoms with Crippen LogP contribution in [-0.2, 0) is 0 Å². The van der Waals surface area contributed by atoms with Crippen molar-refractivity contribution in [3.8, 4) is 5.88 Å². The highest BCUT2D eigenvalue weighted by Gasteiger charge is 2.31. The zero-order valence-electron chi connectivity index (χ0n) is 5.60. The molecule has 0 fully saturated rings. The molecule has 1 aromatic heterocycles. The van der Waals surface area contributed by atoms with Gasteiger partial charge in [0, 0.05) is 16.7 Å². The van der Waals surface area contributed by atoms with Crippen molar-refractivity contribution in [3.63, 3.8) is 0 Å². The Bertz CT molecular complexity index is 276. The van der Waals surface area contributed by atoms with Gasteiger partial charge in [-0.15, -0.1) is 13.2 Å². The van der Waals surface area contributed by atoms with Gasteiger partial charge in [0.1, 0.15) is 0 Å². The second-order valence-electron chi connectivity index (χ2n) is 1.86. The fourth-order valence-corrected chi connectivity index (χ4v) is 0.874. The van der Waals surface area contributed by atoms with Crippen LogP contribution in [0, 0.1) is 0 Å². The smallest absolute Gasteiger partial charge is 0.388 e. The van der Waals surface area contributed by atoms with E-state index in [9.17, 15) is 13.2 Å². The molecule has 66 valence electrons. The Balaban J connectivity index is 2.77. The monoisotopic (exact) mass is 241 g/mol. The predicted octanol–water partition coefficient (Wildman–Crippen LogP) is 2.74. The largest absolute Gasteiger partial charge is 0.574 e. The van der Waals surface area contributed by atoms with Crippen molar-refractivity contribution in [3.05, 3.63) is 22.8 Å². The van der Waals surface area contributed by atoms with Crippen molar-refractivity contribution in [2.24, 2.45) is 0 Å². The Kier molecular flexibility index (Phi) is 2.56. The first-order valence-corrected chi connectivity index (χ1v) is 3.64. The molecule has 12 heavy (non-hydrogen) atoms. The molecule has 0 radical (unpaired) electrons. The standard InChI is InChI=1S/C6H3BrF3NO/c7-4-1-2-11-5(3-4)12-6(8,9)10/h1-3H. The van der Waals surface area contributed by atoms with Crippen LogP contribution in [-0.4, -0.2) is 11.3 Å². The molecular weight excluding hydrogens is 239 g/mol. The number of aromatic nitrogens is 1. The molecule has 1 rings (SSSR count). The molecule has 0 unspecified atom stereocenters. The highest BCUT2D eigenvalue weighted by molar-refractivity contribution is 9.10. The van der Waals surface area contributed by atoms with E-state index >= 15 is 0 Å². The summed E-state index contributed by atoms with van der Waals surface area (Å²) in [6.45, 7) is 0. The minimum absolute atomic E-state index is 0.475. The van der Waals surface area contributed by atoms with Crippen molar-refractivity contribution in [2.75, 3.05) is 0 Å². The first kappa shape index (κ1) is 9.31. The van der Waals surface area contributed by atoms with Crippen molar-refractivity contribution < 1.29 is 17.9 Å². The van der Waals surface area contributed by atoms with Crippen molar-refractivity contribution in [2.45, 2.75) is 6.36 Å². The molecule has 0 aliphatic carbocycles. The summed E-state index contributed by atoms with van der Waals surface area (Å²) in [6.07, 6.45) is -3.47. The van der Waals surface area contributed by atoms with E-state index in [0.29, 0.717) is 4.47 Å². The Morgan fingerprint density at radius 2 is 2.08 bits per heavy atom. The summed E-state index contributed by atoms with van der Waals surface area (Å²) < 4.78 is 38.8.